The van der Waals surface area contributed by atoms with Crippen molar-refractivity contribution < 1.29 is 17.9 Å². The van der Waals surface area contributed by atoms with Crippen LogP contribution in [-0.4, -0.2) is 31.4 Å². The minimum atomic E-state index is -3.90. The zero-order valence-electron chi connectivity index (χ0n) is 11.5. The summed E-state index contributed by atoms with van der Waals surface area (Å²) in [5, 5.41) is 11.0. The molecule has 1 heterocycles. The van der Waals surface area contributed by atoms with Gasteiger partial charge in [0.25, 0.3) is 0 Å². The second kappa shape index (κ2) is 6.65. The minimum Gasteiger partial charge on any atom is -0.392 e. The molecule has 0 amide bonds. The first-order valence-corrected chi connectivity index (χ1v) is 8.65. The third kappa shape index (κ3) is 3.68. The van der Waals surface area contributed by atoms with Crippen molar-refractivity contribution in [1.82, 2.24) is 4.31 Å². The van der Waals surface area contributed by atoms with E-state index in [1.54, 1.807) is 11.3 Å². The largest absolute Gasteiger partial charge is 0.392 e. The van der Waals surface area contributed by atoms with E-state index >= 15 is 0 Å². The lowest BCUT2D eigenvalue weighted by atomic mass is 10.2. The van der Waals surface area contributed by atoms with Gasteiger partial charge >= 0.3 is 0 Å². The van der Waals surface area contributed by atoms with Gasteiger partial charge in [-0.1, -0.05) is 12.1 Å². The normalized spacial score (nSPS) is 12.0. The summed E-state index contributed by atoms with van der Waals surface area (Å²) in [7, 11) is -2.48. The van der Waals surface area contributed by atoms with Gasteiger partial charge in [0.05, 0.1) is 6.61 Å². The molecule has 0 bridgehead atoms. The first-order chi connectivity index (χ1) is 9.95. The Balaban J connectivity index is 2.20. The molecule has 21 heavy (non-hydrogen) atoms. The number of thiophene rings is 1. The molecule has 0 saturated heterocycles. The number of sulfonamides is 1. The summed E-state index contributed by atoms with van der Waals surface area (Å²) >= 11 is 1.55. The van der Waals surface area contributed by atoms with Gasteiger partial charge in [0.1, 0.15) is 10.7 Å². The Morgan fingerprint density at radius 2 is 2.10 bits per heavy atom. The molecule has 0 spiro atoms. The highest BCUT2D eigenvalue weighted by atomic mass is 32.2. The zero-order chi connectivity index (χ0) is 15.5. The summed E-state index contributed by atoms with van der Waals surface area (Å²) < 4.78 is 39.7. The lowest BCUT2D eigenvalue weighted by molar-refractivity contribution is 0.281. The van der Waals surface area contributed by atoms with Crippen molar-refractivity contribution in [2.24, 2.45) is 0 Å². The maximum atomic E-state index is 13.8. The van der Waals surface area contributed by atoms with Crippen LogP contribution in [0.4, 0.5) is 4.39 Å². The monoisotopic (exact) mass is 329 g/mol. The third-order valence-electron chi connectivity index (χ3n) is 3.12. The van der Waals surface area contributed by atoms with E-state index in [1.165, 1.54) is 19.2 Å². The van der Waals surface area contributed by atoms with Crippen molar-refractivity contribution in [1.29, 1.82) is 0 Å². The molecule has 2 aromatic rings. The number of nitrogens with zero attached hydrogens (tertiary/aromatic N) is 1. The Bertz CT molecular complexity index is 699. The van der Waals surface area contributed by atoms with Crippen molar-refractivity contribution in [3.63, 3.8) is 0 Å². The van der Waals surface area contributed by atoms with Crippen LogP contribution in [0.1, 0.15) is 10.4 Å². The van der Waals surface area contributed by atoms with Crippen LogP contribution in [0.15, 0.2) is 40.6 Å². The molecule has 2 rings (SSSR count). The van der Waals surface area contributed by atoms with Crippen LogP contribution in [0.3, 0.4) is 0 Å². The van der Waals surface area contributed by atoms with Gasteiger partial charge in [0.2, 0.25) is 10.0 Å². The quantitative estimate of drug-likeness (QED) is 0.884. The predicted molar refractivity (Wildman–Crippen MR) is 80.2 cm³/mol. The Labute approximate surface area is 127 Å². The summed E-state index contributed by atoms with van der Waals surface area (Å²) in [6.07, 6.45) is 0.578. The lowest BCUT2D eigenvalue weighted by Crippen LogP contribution is -2.29. The Kier molecular flexibility index (Phi) is 5.10. The van der Waals surface area contributed by atoms with Crippen LogP contribution < -0.4 is 0 Å². The van der Waals surface area contributed by atoms with E-state index in [2.05, 4.69) is 0 Å². The van der Waals surface area contributed by atoms with E-state index in [-0.39, 0.29) is 13.2 Å². The SMILES string of the molecule is CN(CCc1cccs1)S(=O)(=O)c1cc(CO)ccc1F. The van der Waals surface area contributed by atoms with Gasteiger partial charge in [0.15, 0.2) is 0 Å². The van der Waals surface area contributed by atoms with Gasteiger partial charge in [0, 0.05) is 18.5 Å². The molecule has 1 aromatic heterocycles. The molecule has 0 unspecified atom stereocenters. The van der Waals surface area contributed by atoms with Crippen molar-refractivity contribution in [2.75, 3.05) is 13.6 Å². The van der Waals surface area contributed by atoms with Crippen molar-refractivity contribution in [3.05, 3.63) is 52.0 Å². The van der Waals surface area contributed by atoms with Gasteiger partial charge in [-0.2, -0.15) is 0 Å². The van der Waals surface area contributed by atoms with E-state index in [1.807, 2.05) is 17.5 Å². The Hall–Kier alpha value is -1.28. The molecule has 0 aliphatic rings. The number of benzene rings is 1. The van der Waals surface area contributed by atoms with E-state index in [0.717, 1.165) is 15.2 Å². The van der Waals surface area contributed by atoms with Crippen LogP contribution in [-0.2, 0) is 23.1 Å². The predicted octanol–water partition coefficient (Wildman–Crippen LogP) is 2.24. The van der Waals surface area contributed by atoms with Crippen LogP contribution in [0.25, 0.3) is 0 Å². The highest BCUT2D eigenvalue weighted by Gasteiger charge is 2.24. The second-order valence-corrected chi connectivity index (χ2v) is 7.62. The molecular weight excluding hydrogens is 313 g/mol. The van der Waals surface area contributed by atoms with Gasteiger partial charge in [-0.3, -0.25) is 0 Å². The molecule has 1 N–H and O–H groups in total. The molecule has 0 radical (unpaired) electrons. The molecule has 0 aliphatic carbocycles. The molecule has 0 saturated carbocycles. The highest BCUT2D eigenvalue weighted by Crippen LogP contribution is 2.21. The fourth-order valence-corrected chi connectivity index (χ4v) is 3.83. The van der Waals surface area contributed by atoms with Gasteiger partial charge in [-0.05, 0) is 35.6 Å². The molecule has 0 atom stereocenters. The van der Waals surface area contributed by atoms with Gasteiger partial charge in [-0.15, -0.1) is 11.3 Å². The fourth-order valence-electron chi connectivity index (χ4n) is 1.85. The van der Waals surface area contributed by atoms with Crippen molar-refractivity contribution in [2.45, 2.75) is 17.9 Å². The maximum Gasteiger partial charge on any atom is 0.245 e. The molecular formula is C14H16FNO3S2. The van der Waals surface area contributed by atoms with Crippen molar-refractivity contribution >= 4 is 21.4 Å². The van der Waals surface area contributed by atoms with E-state index < -0.39 is 20.7 Å². The second-order valence-electron chi connectivity index (χ2n) is 4.58. The molecule has 1 aromatic carbocycles. The first kappa shape index (κ1) is 16.1. The minimum absolute atomic E-state index is 0.269. The van der Waals surface area contributed by atoms with Crippen LogP contribution >= 0.6 is 11.3 Å². The number of hydrogen-bond donors (Lipinski definition) is 1. The summed E-state index contributed by atoms with van der Waals surface area (Å²) in [5.74, 6) is -0.810. The van der Waals surface area contributed by atoms with E-state index in [4.69, 9.17) is 5.11 Å². The van der Waals surface area contributed by atoms with Crippen LogP contribution in [0.2, 0.25) is 0 Å². The molecule has 7 heteroatoms. The van der Waals surface area contributed by atoms with Crippen LogP contribution in [0, 0.1) is 5.82 Å². The number of halogens is 1. The number of aliphatic hydroxyl groups is 1. The average Bonchev–Trinajstić information content (AvgIpc) is 2.98. The number of aliphatic hydroxyl groups excluding tert-OH is 1. The molecule has 0 fully saturated rings. The molecule has 114 valence electrons. The zero-order valence-corrected chi connectivity index (χ0v) is 13.1. The molecule has 0 aliphatic heterocycles. The van der Waals surface area contributed by atoms with Gasteiger partial charge < -0.3 is 5.11 Å². The highest BCUT2D eigenvalue weighted by molar-refractivity contribution is 7.89. The maximum absolute atomic E-state index is 13.8. The number of rotatable bonds is 6. The van der Waals surface area contributed by atoms with Gasteiger partial charge in [-0.25, -0.2) is 17.1 Å². The van der Waals surface area contributed by atoms with Crippen LogP contribution in [0.5, 0.6) is 0 Å². The molecule has 4 nitrogen and oxygen atoms in total. The Morgan fingerprint density at radius 3 is 2.71 bits per heavy atom. The average molecular weight is 329 g/mol. The fraction of sp³-hybridized carbons (Fsp3) is 0.286. The van der Waals surface area contributed by atoms with E-state index in [0.29, 0.717) is 12.0 Å². The summed E-state index contributed by atoms with van der Waals surface area (Å²) in [4.78, 5) is 0.671. The summed E-state index contributed by atoms with van der Waals surface area (Å²) in [5.41, 5.74) is 0.363. The Morgan fingerprint density at radius 1 is 1.33 bits per heavy atom. The lowest BCUT2D eigenvalue weighted by Gasteiger charge is -2.17. The third-order valence-corrected chi connectivity index (χ3v) is 5.93. The number of likely N-dealkylation sites (N-methyl/N-ethyl adjacent to an activating group) is 1. The number of hydrogen-bond acceptors (Lipinski definition) is 4. The van der Waals surface area contributed by atoms with Crippen molar-refractivity contribution in [3.8, 4) is 0 Å². The standard InChI is InChI=1S/C14H16FNO3S2/c1-16(7-6-12-3-2-8-20-12)21(18,19)14-9-11(10-17)4-5-13(14)15/h2-5,8-9,17H,6-7,10H2,1H3. The first-order valence-electron chi connectivity index (χ1n) is 6.33. The van der Waals surface area contributed by atoms with E-state index in [9.17, 15) is 12.8 Å². The topological polar surface area (TPSA) is 57.6 Å². The summed E-state index contributed by atoms with van der Waals surface area (Å²) in [6.45, 7) is -0.0622. The smallest absolute Gasteiger partial charge is 0.245 e. The summed E-state index contributed by atoms with van der Waals surface area (Å²) in [6, 6.07) is 7.43.